The fraction of sp³-hybridized carbons (Fsp3) is 0.222. The third-order valence-electron chi connectivity index (χ3n) is 5.98. The Bertz CT molecular complexity index is 1360. The van der Waals surface area contributed by atoms with Gasteiger partial charge in [-0.25, -0.2) is 4.98 Å². The van der Waals surface area contributed by atoms with Gasteiger partial charge in [0.05, 0.1) is 33.2 Å². The van der Waals surface area contributed by atoms with Gasteiger partial charge in [-0.3, -0.25) is 14.2 Å². The van der Waals surface area contributed by atoms with E-state index in [0.29, 0.717) is 33.7 Å². The van der Waals surface area contributed by atoms with Crippen molar-refractivity contribution in [3.8, 4) is 5.69 Å². The molecule has 168 valence electrons. The summed E-state index contributed by atoms with van der Waals surface area (Å²) in [4.78, 5) is 33.5. The van der Waals surface area contributed by atoms with E-state index in [0.717, 1.165) is 12.1 Å². The van der Waals surface area contributed by atoms with Gasteiger partial charge in [-0.05, 0) is 54.8 Å². The molecule has 4 aromatic rings. The number of amides is 1. The minimum Gasteiger partial charge on any atom is -0.331 e. The van der Waals surface area contributed by atoms with Gasteiger partial charge >= 0.3 is 0 Å². The number of hydrogen-bond donors (Lipinski definition) is 0. The summed E-state index contributed by atoms with van der Waals surface area (Å²) >= 11 is 6.30. The molecule has 0 saturated heterocycles. The van der Waals surface area contributed by atoms with Gasteiger partial charge in [0.25, 0.3) is 11.5 Å². The zero-order chi connectivity index (χ0) is 23.5. The van der Waals surface area contributed by atoms with E-state index in [1.807, 2.05) is 49.4 Å². The topological polar surface area (TPSA) is 55.2 Å². The Kier molecular flexibility index (Phi) is 6.61. The highest BCUT2D eigenvalue weighted by Crippen LogP contribution is 2.28. The maximum atomic E-state index is 13.6. The lowest BCUT2D eigenvalue weighted by Gasteiger charge is -2.29. The number of nitrogens with zero attached hydrogens (tertiary/aromatic N) is 3. The monoisotopic (exact) mass is 459 g/mol. The van der Waals surface area contributed by atoms with Crippen molar-refractivity contribution in [1.82, 2.24) is 14.5 Å². The molecular weight excluding hydrogens is 434 g/mol. The van der Waals surface area contributed by atoms with Crippen LogP contribution in [0.1, 0.15) is 48.1 Å². The molecule has 0 aliphatic heterocycles. The van der Waals surface area contributed by atoms with Gasteiger partial charge < -0.3 is 4.90 Å². The van der Waals surface area contributed by atoms with Crippen LogP contribution in [0.5, 0.6) is 0 Å². The highest BCUT2D eigenvalue weighted by molar-refractivity contribution is 6.33. The van der Waals surface area contributed by atoms with E-state index in [9.17, 15) is 9.59 Å². The van der Waals surface area contributed by atoms with E-state index >= 15 is 0 Å². The minimum atomic E-state index is -0.433. The first-order chi connectivity index (χ1) is 16.0. The third kappa shape index (κ3) is 4.29. The second kappa shape index (κ2) is 9.59. The molecule has 0 aliphatic rings. The van der Waals surface area contributed by atoms with Crippen LogP contribution < -0.4 is 5.56 Å². The summed E-state index contributed by atoms with van der Waals surface area (Å²) in [6.45, 7) is 4.07. The van der Waals surface area contributed by atoms with E-state index < -0.39 is 6.04 Å². The Labute approximate surface area is 198 Å². The van der Waals surface area contributed by atoms with Gasteiger partial charge in [0.15, 0.2) is 0 Å². The van der Waals surface area contributed by atoms with Crippen molar-refractivity contribution in [2.24, 2.45) is 0 Å². The van der Waals surface area contributed by atoms with Crippen LogP contribution in [0.25, 0.3) is 16.6 Å². The number of aryl methyl sites for hydroxylation is 1. The first-order valence-corrected chi connectivity index (χ1v) is 11.5. The number of rotatable bonds is 6. The average molecular weight is 460 g/mol. The first-order valence-electron chi connectivity index (χ1n) is 11.1. The Morgan fingerprint density at radius 3 is 2.33 bits per heavy atom. The summed E-state index contributed by atoms with van der Waals surface area (Å²) in [5.41, 5.74) is 2.78. The van der Waals surface area contributed by atoms with Crippen LogP contribution in [0.15, 0.2) is 77.6 Å². The summed E-state index contributed by atoms with van der Waals surface area (Å²) in [5, 5.41) is 0.930. The molecule has 1 heterocycles. The summed E-state index contributed by atoms with van der Waals surface area (Å²) in [5.74, 6) is 0.302. The molecule has 1 unspecified atom stereocenters. The van der Waals surface area contributed by atoms with Crippen LogP contribution in [0.2, 0.25) is 5.02 Å². The molecule has 0 bridgehead atoms. The number of benzene rings is 3. The van der Waals surface area contributed by atoms with Crippen molar-refractivity contribution in [2.45, 2.75) is 32.7 Å². The summed E-state index contributed by atoms with van der Waals surface area (Å²) in [6, 6.07) is 21.7. The lowest BCUT2D eigenvalue weighted by Crippen LogP contribution is -2.36. The van der Waals surface area contributed by atoms with Crippen LogP contribution in [0, 0.1) is 0 Å². The Balaban J connectivity index is 1.91. The molecule has 6 heteroatoms. The van der Waals surface area contributed by atoms with Crippen LogP contribution in [-0.2, 0) is 6.42 Å². The quantitative estimate of drug-likeness (QED) is 0.364. The Morgan fingerprint density at radius 2 is 1.67 bits per heavy atom. The summed E-state index contributed by atoms with van der Waals surface area (Å²) in [6.07, 6.45) is 1.48. The lowest BCUT2D eigenvalue weighted by atomic mass is 10.1. The van der Waals surface area contributed by atoms with Gasteiger partial charge in [-0.15, -0.1) is 0 Å². The minimum absolute atomic E-state index is 0.156. The largest absolute Gasteiger partial charge is 0.331 e. The molecule has 0 saturated carbocycles. The highest BCUT2D eigenvalue weighted by Gasteiger charge is 2.28. The van der Waals surface area contributed by atoms with Crippen molar-refractivity contribution >= 4 is 28.4 Å². The van der Waals surface area contributed by atoms with E-state index in [4.69, 9.17) is 16.6 Å². The predicted molar refractivity (Wildman–Crippen MR) is 133 cm³/mol. The predicted octanol–water partition coefficient (Wildman–Crippen LogP) is 5.82. The summed E-state index contributed by atoms with van der Waals surface area (Å²) in [7, 11) is 1.73. The first kappa shape index (κ1) is 22.7. The maximum absolute atomic E-state index is 13.6. The molecule has 33 heavy (non-hydrogen) atoms. The molecule has 0 aliphatic carbocycles. The third-order valence-corrected chi connectivity index (χ3v) is 6.31. The molecule has 4 rings (SSSR count). The van der Waals surface area contributed by atoms with Gasteiger partial charge in [-0.2, -0.15) is 0 Å². The fourth-order valence-electron chi connectivity index (χ4n) is 4.10. The number of carbonyl (C=O) groups is 1. The van der Waals surface area contributed by atoms with Gasteiger partial charge in [-0.1, -0.05) is 61.8 Å². The van der Waals surface area contributed by atoms with Crippen LogP contribution >= 0.6 is 11.6 Å². The maximum Gasteiger partial charge on any atom is 0.266 e. The molecular formula is C27H26ClN3O2. The van der Waals surface area contributed by atoms with E-state index in [-0.39, 0.29) is 11.5 Å². The highest BCUT2D eigenvalue weighted by atomic mass is 35.5. The SMILES string of the molecule is CCc1ccc(-n2c(C(CC)N(C)C(=O)c3ccccc3Cl)nc3ccccc3c2=O)cc1. The number of aromatic nitrogens is 2. The zero-order valence-electron chi connectivity index (χ0n) is 19.0. The Morgan fingerprint density at radius 1 is 1.00 bits per heavy atom. The van der Waals surface area contributed by atoms with E-state index in [2.05, 4.69) is 6.92 Å². The number of halogens is 1. The van der Waals surface area contributed by atoms with Gasteiger partial charge in [0, 0.05) is 7.05 Å². The van der Waals surface area contributed by atoms with Crippen molar-refractivity contribution in [3.63, 3.8) is 0 Å². The van der Waals surface area contributed by atoms with Crippen molar-refractivity contribution in [1.29, 1.82) is 0 Å². The molecule has 5 nitrogen and oxygen atoms in total. The van der Waals surface area contributed by atoms with E-state index in [1.165, 1.54) is 5.56 Å². The molecule has 0 spiro atoms. The molecule has 1 atom stereocenters. The van der Waals surface area contributed by atoms with Crippen molar-refractivity contribution in [2.75, 3.05) is 7.05 Å². The average Bonchev–Trinajstić information content (AvgIpc) is 2.84. The number of para-hydroxylation sites is 1. The molecule has 1 aromatic heterocycles. The van der Waals surface area contributed by atoms with Crippen LogP contribution in [0.3, 0.4) is 0 Å². The second-order valence-electron chi connectivity index (χ2n) is 7.97. The lowest BCUT2D eigenvalue weighted by molar-refractivity contribution is 0.0717. The van der Waals surface area contributed by atoms with Crippen LogP contribution in [-0.4, -0.2) is 27.4 Å². The van der Waals surface area contributed by atoms with Crippen molar-refractivity contribution in [3.05, 3.63) is 105 Å². The normalized spacial score (nSPS) is 12.0. The van der Waals surface area contributed by atoms with Gasteiger partial charge in [0.2, 0.25) is 0 Å². The smallest absolute Gasteiger partial charge is 0.266 e. The van der Waals surface area contributed by atoms with Crippen molar-refractivity contribution < 1.29 is 4.79 Å². The molecule has 3 aromatic carbocycles. The van der Waals surface area contributed by atoms with E-state index in [1.54, 1.807) is 46.8 Å². The standard InChI is InChI=1S/C27H26ClN3O2/c1-4-18-14-16-19(17-15-18)31-25(29-23-13-9-7-11-21(23)27(31)33)24(5-2)30(3)26(32)20-10-6-8-12-22(20)28/h6-17,24H,4-5H2,1-3H3. The van der Waals surface area contributed by atoms with Crippen LogP contribution in [0.4, 0.5) is 0 Å². The Hall–Kier alpha value is -3.44. The zero-order valence-corrected chi connectivity index (χ0v) is 19.7. The summed E-state index contributed by atoms with van der Waals surface area (Å²) < 4.78 is 1.63. The molecule has 0 radical (unpaired) electrons. The second-order valence-corrected chi connectivity index (χ2v) is 8.37. The number of fused-ring (bicyclic) bond motifs is 1. The molecule has 0 fully saturated rings. The molecule has 1 amide bonds. The fourth-order valence-corrected chi connectivity index (χ4v) is 4.32. The number of carbonyl (C=O) groups excluding carboxylic acids is 1. The number of hydrogen-bond acceptors (Lipinski definition) is 3. The van der Waals surface area contributed by atoms with Gasteiger partial charge in [0.1, 0.15) is 5.82 Å². The molecule has 0 N–H and O–H groups in total.